The summed E-state index contributed by atoms with van der Waals surface area (Å²) in [5.74, 6) is -1.18. The van der Waals surface area contributed by atoms with Crippen LogP contribution in [0.2, 0.25) is 0 Å². The predicted molar refractivity (Wildman–Crippen MR) is 66.8 cm³/mol. The molecule has 0 aliphatic rings. The van der Waals surface area contributed by atoms with E-state index >= 15 is 0 Å². The lowest BCUT2D eigenvalue weighted by Crippen LogP contribution is -2.31. The second-order valence-corrected chi connectivity index (χ2v) is 5.39. The highest BCUT2D eigenvalue weighted by molar-refractivity contribution is 7.89. The van der Waals surface area contributed by atoms with Gasteiger partial charge in [-0.25, -0.2) is 13.1 Å². The lowest BCUT2D eigenvalue weighted by molar-refractivity contribution is -0.387. The van der Waals surface area contributed by atoms with E-state index < -0.39 is 26.5 Å². The standard InChI is InChI=1S/C10H14FN3O4S/c1-2-12-5-6-13-19(17,18)8-3-4-10(14(15)16)9(11)7-8/h3-4,7,12-13H,2,5-6H2,1H3. The van der Waals surface area contributed by atoms with E-state index in [1.165, 1.54) is 0 Å². The fourth-order valence-corrected chi connectivity index (χ4v) is 2.38. The van der Waals surface area contributed by atoms with Crippen molar-refractivity contribution >= 4 is 15.7 Å². The highest BCUT2D eigenvalue weighted by Gasteiger charge is 2.20. The summed E-state index contributed by atoms with van der Waals surface area (Å²) in [6.07, 6.45) is 0. The summed E-state index contributed by atoms with van der Waals surface area (Å²) < 4.78 is 39.1. The van der Waals surface area contributed by atoms with Gasteiger partial charge >= 0.3 is 5.69 Å². The number of sulfonamides is 1. The van der Waals surface area contributed by atoms with Crippen LogP contribution in [0.15, 0.2) is 23.1 Å². The molecule has 106 valence electrons. The lowest BCUT2D eigenvalue weighted by atomic mass is 10.3. The molecular weight excluding hydrogens is 277 g/mol. The molecule has 7 nitrogen and oxygen atoms in total. The van der Waals surface area contributed by atoms with E-state index in [0.29, 0.717) is 19.2 Å². The highest BCUT2D eigenvalue weighted by Crippen LogP contribution is 2.20. The maximum atomic E-state index is 13.3. The minimum atomic E-state index is -3.86. The number of nitrogens with one attached hydrogen (secondary N) is 2. The summed E-state index contributed by atoms with van der Waals surface area (Å²) in [4.78, 5) is 9.17. The van der Waals surface area contributed by atoms with Gasteiger partial charge in [-0.1, -0.05) is 6.92 Å². The molecule has 0 heterocycles. The number of hydrogen-bond donors (Lipinski definition) is 2. The number of rotatable bonds is 7. The summed E-state index contributed by atoms with van der Waals surface area (Å²) in [5, 5.41) is 13.3. The number of likely N-dealkylation sites (N-methyl/N-ethyl adjacent to an activating group) is 1. The summed E-state index contributed by atoms with van der Waals surface area (Å²) in [6.45, 7) is 3.16. The molecule has 0 aliphatic heterocycles. The molecule has 1 aromatic carbocycles. The molecule has 0 bridgehead atoms. The fraction of sp³-hybridized carbons (Fsp3) is 0.400. The zero-order valence-corrected chi connectivity index (χ0v) is 11.0. The van der Waals surface area contributed by atoms with Crippen LogP contribution in [0, 0.1) is 15.9 Å². The monoisotopic (exact) mass is 291 g/mol. The van der Waals surface area contributed by atoms with Gasteiger partial charge in [0.15, 0.2) is 0 Å². The number of benzene rings is 1. The number of halogens is 1. The van der Waals surface area contributed by atoms with Crippen LogP contribution in [-0.4, -0.2) is 33.0 Å². The number of hydrogen-bond acceptors (Lipinski definition) is 5. The van der Waals surface area contributed by atoms with Gasteiger partial charge in [0, 0.05) is 25.2 Å². The van der Waals surface area contributed by atoms with Crippen molar-refractivity contribution in [2.24, 2.45) is 0 Å². The minimum Gasteiger partial charge on any atom is -0.316 e. The van der Waals surface area contributed by atoms with Gasteiger partial charge in [0.05, 0.1) is 9.82 Å². The van der Waals surface area contributed by atoms with Gasteiger partial charge in [-0.2, -0.15) is 4.39 Å². The summed E-state index contributed by atoms with van der Waals surface area (Å²) in [7, 11) is -3.86. The topological polar surface area (TPSA) is 101 Å². The smallest absolute Gasteiger partial charge is 0.304 e. The molecule has 0 saturated carbocycles. The van der Waals surface area contributed by atoms with Gasteiger partial charge in [0.25, 0.3) is 0 Å². The molecular formula is C10H14FN3O4S. The average Bonchev–Trinajstić information content (AvgIpc) is 2.34. The lowest BCUT2D eigenvalue weighted by Gasteiger charge is -2.07. The maximum Gasteiger partial charge on any atom is 0.304 e. The van der Waals surface area contributed by atoms with E-state index in [0.717, 1.165) is 12.1 Å². The zero-order valence-electron chi connectivity index (χ0n) is 10.2. The molecule has 0 radical (unpaired) electrons. The van der Waals surface area contributed by atoms with Crippen molar-refractivity contribution in [3.05, 3.63) is 34.1 Å². The molecule has 0 fully saturated rings. The first-order chi connectivity index (χ1) is 8.88. The molecule has 0 aliphatic carbocycles. The Morgan fingerprint density at radius 1 is 1.37 bits per heavy atom. The highest BCUT2D eigenvalue weighted by atomic mass is 32.2. The quantitative estimate of drug-likeness (QED) is 0.435. The van der Waals surface area contributed by atoms with E-state index in [1.807, 2.05) is 6.92 Å². The van der Waals surface area contributed by atoms with E-state index in [1.54, 1.807) is 0 Å². The van der Waals surface area contributed by atoms with E-state index in [-0.39, 0.29) is 11.4 Å². The molecule has 0 aromatic heterocycles. The largest absolute Gasteiger partial charge is 0.316 e. The predicted octanol–water partition coefficient (Wildman–Crippen LogP) is 0.622. The van der Waals surface area contributed by atoms with Crippen LogP contribution in [0.1, 0.15) is 6.92 Å². The van der Waals surface area contributed by atoms with Crippen LogP contribution in [0.3, 0.4) is 0 Å². The van der Waals surface area contributed by atoms with Gasteiger partial charge in [-0.05, 0) is 12.6 Å². The Balaban J connectivity index is 2.84. The molecule has 19 heavy (non-hydrogen) atoms. The second-order valence-electron chi connectivity index (χ2n) is 3.62. The molecule has 0 atom stereocenters. The number of nitro benzene ring substituents is 1. The Morgan fingerprint density at radius 3 is 2.58 bits per heavy atom. The van der Waals surface area contributed by atoms with Crippen molar-refractivity contribution in [3.8, 4) is 0 Å². The van der Waals surface area contributed by atoms with Crippen LogP contribution < -0.4 is 10.0 Å². The molecule has 2 N–H and O–H groups in total. The molecule has 0 amide bonds. The van der Waals surface area contributed by atoms with Crippen LogP contribution in [-0.2, 0) is 10.0 Å². The van der Waals surface area contributed by atoms with Crippen LogP contribution in [0.5, 0.6) is 0 Å². The third-order valence-corrected chi connectivity index (χ3v) is 3.73. The van der Waals surface area contributed by atoms with Crippen molar-refractivity contribution in [2.45, 2.75) is 11.8 Å². The molecule has 0 saturated heterocycles. The Kier molecular flexibility index (Phi) is 5.33. The van der Waals surface area contributed by atoms with Crippen LogP contribution in [0.25, 0.3) is 0 Å². The van der Waals surface area contributed by atoms with E-state index in [4.69, 9.17) is 0 Å². The molecule has 0 spiro atoms. The molecule has 0 unspecified atom stereocenters. The molecule has 1 rings (SSSR count). The summed E-state index contributed by atoms with van der Waals surface area (Å²) in [6, 6.07) is 2.46. The SMILES string of the molecule is CCNCCNS(=O)(=O)c1ccc([N+](=O)[O-])c(F)c1. The maximum absolute atomic E-state index is 13.3. The molecule has 1 aromatic rings. The first-order valence-corrected chi connectivity index (χ1v) is 7.01. The van der Waals surface area contributed by atoms with Gasteiger partial charge in [-0.15, -0.1) is 0 Å². The normalized spacial score (nSPS) is 11.5. The first-order valence-electron chi connectivity index (χ1n) is 5.53. The van der Waals surface area contributed by atoms with E-state index in [2.05, 4.69) is 10.0 Å². The molecule has 9 heteroatoms. The second kappa shape index (κ2) is 6.55. The first kappa shape index (κ1) is 15.5. The van der Waals surface area contributed by atoms with Gasteiger partial charge < -0.3 is 5.32 Å². The van der Waals surface area contributed by atoms with Crippen molar-refractivity contribution in [3.63, 3.8) is 0 Å². The minimum absolute atomic E-state index is 0.148. The fourth-order valence-electron chi connectivity index (χ4n) is 1.34. The number of nitro groups is 1. The van der Waals surface area contributed by atoms with Crippen molar-refractivity contribution in [1.29, 1.82) is 0 Å². The van der Waals surface area contributed by atoms with Gasteiger partial charge in [0.1, 0.15) is 0 Å². The van der Waals surface area contributed by atoms with Crippen molar-refractivity contribution in [1.82, 2.24) is 10.0 Å². The van der Waals surface area contributed by atoms with Gasteiger partial charge in [-0.3, -0.25) is 10.1 Å². The van der Waals surface area contributed by atoms with Crippen LogP contribution in [0.4, 0.5) is 10.1 Å². The van der Waals surface area contributed by atoms with Gasteiger partial charge in [0.2, 0.25) is 15.8 Å². The zero-order chi connectivity index (χ0) is 14.5. The van der Waals surface area contributed by atoms with Crippen LogP contribution >= 0.6 is 0 Å². The average molecular weight is 291 g/mol. The third kappa shape index (κ3) is 4.23. The van der Waals surface area contributed by atoms with Crippen molar-refractivity contribution in [2.75, 3.05) is 19.6 Å². The summed E-state index contributed by atoms with van der Waals surface area (Å²) in [5.41, 5.74) is -0.758. The third-order valence-electron chi connectivity index (χ3n) is 2.27. The Hall–Kier alpha value is -1.58. The Labute approximate surface area is 110 Å². The Bertz CT molecular complexity index is 562. The Morgan fingerprint density at radius 2 is 2.05 bits per heavy atom. The number of nitrogens with zero attached hydrogens (tertiary/aromatic N) is 1. The van der Waals surface area contributed by atoms with Crippen molar-refractivity contribution < 1.29 is 17.7 Å². The summed E-state index contributed by atoms with van der Waals surface area (Å²) >= 11 is 0. The van der Waals surface area contributed by atoms with E-state index in [9.17, 15) is 22.9 Å².